The average molecular weight is 154 g/mol. The number of hydrogen-bond acceptors (Lipinski definition) is 1. The lowest BCUT2D eigenvalue weighted by atomic mass is 9.73. The highest BCUT2D eigenvalue weighted by molar-refractivity contribution is 5.11. The molecule has 0 aliphatic heterocycles. The zero-order valence-electron chi connectivity index (χ0n) is 7.72. The van der Waals surface area contributed by atoms with Crippen molar-refractivity contribution in [1.29, 1.82) is 0 Å². The van der Waals surface area contributed by atoms with Crippen LogP contribution in [0.1, 0.15) is 40.0 Å². The molecule has 2 saturated carbocycles. The molecule has 3 unspecified atom stereocenters. The van der Waals surface area contributed by atoms with E-state index in [0.717, 1.165) is 12.3 Å². The van der Waals surface area contributed by atoms with Crippen LogP contribution in [-0.2, 0) is 0 Å². The van der Waals surface area contributed by atoms with E-state index in [1.807, 2.05) is 0 Å². The van der Waals surface area contributed by atoms with E-state index in [2.05, 4.69) is 20.8 Å². The minimum absolute atomic E-state index is 0.0862. The largest absolute Gasteiger partial charge is 0.389 e. The maximum absolute atomic E-state index is 10.3. The lowest BCUT2D eigenvalue weighted by Gasteiger charge is -2.38. The van der Waals surface area contributed by atoms with Gasteiger partial charge < -0.3 is 5.11 Å². The van der Waals surface area contributed by atoms with Crippen molar-refractivity contribution in [1.82, 2.24) is 0 Å². The Labute approximate surface area is 68.8 Å². The molecular formula is C10H18O. The first-order valence-electron chi connectivity index (χ1n) is 4.67. The third-order valence-electron chi connectivity index (χ3n) is 3.73. The fourth-order valence-electron chi connectivity index (χ4n) is 2.67. The molecular weight excluding hydrogens is 136 g/mol. The summed E-state index contributed by atoms with van der Waals surface area (Å²) in [7, 11) is 0. The van der Waals surface area contributed by atoms with Crippen molar-refractivity contribution in [3.63, 3.8) is 0 Å². The van der Waals surface area contributed by atoms with Crippen LogP contribution in [0.15, 0.2) is 0 Å². The van der Waals surface area contributed by atoms with E-state index >= 15 is 0 Å². The van der Waals surface area contributed by atoms with Crippen molar-refractivity contribution in [2.24, 2.45) is 17.3 Å². The Bertz CT molecular complexity index is 180. The summed E-state index contributed by atoms with van der Waals surface area (Å²) in [6.07, 6.45) is 3.58. The summed E-state index contributed by atoms with van der Waals surface area (Å²) in [5.74, 6) is 1.52. The van der Waals surface area contributed by atoms with Crippen molar-refractivity contribution in [2.75, 3.05) is 0 Å². The van der Waals surface area contributed by atoms with Gasteiger partial charge in [0.1, 0.15) is 0 Å². The standard InChI is InChI=1S/C10H18O/c1-9(2,3)10(11)5-4-7-6-8(7)10/h7-8,11H,4-6H2,1-3H3. The van der Waals surface area contributed by atoms with Crippen LogP contribution in [-0.4, -0.2) is 10.7 Å². The third kappa shape index (κ3) is 0.868. The van der Waals surface area contributed by atoms with E-state index in [9.17, 15) is 5.11 Å². The van der Waals surface area contributed by atoms with Crippen molar-refractivity contribution >= 4 is 0 Å². The number of fused-ring (bicyclic) bond motifs is 1. The molecule has 11 heavy (non-hydrogen) atoms. The van der Waals surface area contributed by atoms with Crippen molar-refractivity contribution in [3.8, 4) is 0 Å². The first-order valence-corrected chi connectivity index (χ1v) is 4.67. The Hall–Kier alpha value is -0.0400. The molecule has 0 aromatic heterocycles. The average Bonchev–Trinajstić information content (AvgIpc) is 2.54. The third-order valence-corrected chi connectivity index (χ3v) is 3.73. The first kappa shape index (κ1) is 7.60. The molecule has 64 valence electrons. The predicted octanol–water partition coefficient (Wildman–Crippen LogP) is 2.19. The van der Waals surface area contributed by atoms with Crippen LogP contribution >= 0.6 is 0 Å². The normalized spacial score (nSPS) is 49.1. The van der Waals surface area contributed by atoms with Crippen LogP contribution < -0.4 is 0 Å². The summed E-state index contributed by atoms with van der Waals surface area (Å²) in [4.78, 5) is 0. The maximum atomic E-state index is 10.3. The molecule has 0 radical (unpaired) electrons. The number of aliphatic hydroxyl groups is 1. The predicted molar refractivity (Wildman–Crippen MR) is 45.2 cm³/mol. The highest BCUT2D eigenvalue weighted by atomic mass is 16.3. The van der Waals surface area contributed by atoms with E-state index in [-0.39, 0.29) is 11.0 Å². The van der Waals surface area contributed by atoms with Gasteiger partial charge in [-0.15, -0.1) is 0 Å². The molecule has 1 heteroatoms. The van der Waals surface area contributed by atoms with Crippen LogP contribution in [0, 0.1) is 17.3 Å². The van der Waals surface area contributed by atoms with Crippen LogP contribution in [0.5, 0.6) is 0 Å². The molecule has 1 nitrogen and oxygen atoms in total. The highest BCUT2D eigenvalue weighted by Gasteiger charge is 2.61. The molecule has 3 atom stereocenters. The van der Waals surface area contributed by atoms with Gasteiger partial charge in [-0.3, -0.25) is 0 Å². The van der Waals surface area contributed by atoms with E-state index in [1.165, 1.54) is 12.8 Å². The minimum Gasteiger partial charge on any atom is -0.389 e. The molecule has 1 N–H and O–H groups in total. The lowest BCUT2D eigenvalue weighted by Crippen LogP contribution is -2.43. The molecule has 0 saturated heterocycles. The summed E-state index contributed by atoms with van der Waals surface area (Å²) in [5, 5.41) is 10.3. The fourth-order valence-corrected chi connectivity index (χ4v) is 2.67. The number of rotatable bonds is 0. The van der Waals surface area contributed by atoms with Gasteiger partial charge in [-0.1, -0.05) is 20.8 Å². The molecule has 0 amide bonds. The van der Waals surface area contributed by atoms with Crippen molar-refractivity contribution in [2.45, 2.75) is 45.6 Å². The van der Waals surface area contributed by atoms with Crippen LogP contribution in [0.2, 0.25) is 0 Å². The van der Waals surface area contributed by atoms with Gasteiger partial charge in [-0.05, 0) is 36.5 Å². The Morgan fingerprint density at radius 3 is 2.18 bits per heavy atom. The van der Waals surface area contributed by atoms with Crippen LogP contribution in [0.3, 0.4) is 0 Å². The molecule has 0 bridgehead atoms. The van der Waals surface area contributed by atoms with Gasteiger partial charge in [0.25, 0.3) is 0 Å². The monoisotopic (exact) mass is 154 g/mol. The highest BCUT2D eigenvalue weighted by Crippen LogP contribution is 2.62. The van der Waals surface area contributed by atoms with Crippen LogP contribution in [0.25, 0.3) is 0 Å². The summed E-state index contributed by atoms with van der Waals surface area (Å²) >= 11 is 0. The zero-order valence-corrected chi connectivity index (χ0v) is 7.72. The molecule has 0 spiro atoms. The Morgan fingerprint density at radius 1 is 1.36 bits per heavy atom. The maximum Gasteiger partial charge on any atom is 0.0726 e. The summed E-state index contributed by atoms with van der Waals surface area (Å²) in [6.45, 7) is 6.48. The molecule has 2 rings (SSSR count). The molecule has 0 heterocycles. The summed E-state index contributed by atoms with van der Waals surface area (Å²) in [6, 6.07) is 0. The molecule has 2 aliphatic rings. The van der Waals surface area contributed by atoms with E-state index in [1.54, 1.807) is 0 Å². The molecule has 0 aromatic rings. The smallest absolute Gasteiger partial charge is 0.0726 e. The van der Waals surface area contributed by atoms with Gasteiger partial charge in [0.2, 0.25) is 0 Å². The van der Waals surface area contributed by atoms with Gasteiger partial charge in [0, 0.05) is 0 Å². The summed E-state index contributed by atoms with van der Waals surface area (Å²) in [5.41, 5.74) is -0.249. The zero-order chi connectivity index (χ0) is 8.28. The Balaban J connectivity index is 2.22. The summed E-state index contributed by atoms with van der Waals surface area (Å²) < 4.78 is 0. The van der Waals surface area contributed by atoms with Crippen molar-refractivity contribution < 1.29 is 5.11 Å². The molecule has 2 aliphatic carbocycles. The van der Waals surface area contributed by atoms with E-state index in [0.29, 0.717) is 5.92 Å². The van der Waals surface area contributed by atoms with E-state index in [4.69, 9.17) is 0 Å². The van der Waals surface area contributed by atoms with Crippen molar-refractivity contribution in [3.05, 3.63) is 0 Å². The van der Waals surface area contributed by atoms with Gasteiger partial charge in [-0.25, -0.2) is 0 Å². The number of hydrogen-bond donors (Lipinski definition) is 1. The molecule has 2 fully saturated rings. The Kier molecular flexibility index (Phi) is 1.26. The second kappa shape index (κ2) is 1.82. The SMILES string of the molecule is CC(C)(C)C1(O)CCC2CC21. The van der Waals surface area contributed by atoms with Gasteiger partial charge in [0.15, 0.2) is 0 Å². The van der Waals surface area contributed by atoms with Gasteiger partial charge >= 0.3 is 0 Å². The first-order chi connectivity index (χ1) is 4.95. The quantitative estimate of drug-likeness (QED) is 0.567. The van der Waals surface area contributed by atoms with Crippen LogP contribution in [0.4, 0.5) is 0 Å². The fraction of sp³-hybridized carbons (Fsp3) is 1.00. The molecule has 0 aromatic carbocycles. The second-order valence-electron chi connectivity index (χ2n) is 5.32. The minimum atomic E-state index is -0.336. The van der Waals surface area contributed by atoms with E-state index < -0.39 is 0 Å². The van der Waals surface area contributed by atoms with Gasteiger partial charge in [-0.2, -0.15) is 0 Å². The second-order valence-corrected chi connectivity index (χ2v) is 5.32. The Morgan fingerprint density at radius 2 is 2.00 bits per heavy atom. The van der Waals surface area contributed by atoms with Gasteiger partial charge in [0.05, 0.1) is 5.60 Å². The lowest BCUT2D eigenvalue weighted by molar-refractivity contribution is -0.0702. The topological polar surface area (TPSA) is 20.2 Å².